The number of hydrogen-bond donors (Lipinski definition) is 2. The standard InChI is InChI=1S/C36H50N2O5/c1-30(2)24-8-11-34(6)25(33(24,5)19-22(21-37)28(30)40)18-27(39)36(42)26-20-32(4,29(41)38-23-9-16-43-17-10-23)13-12-31(26,3)14-15-35(34,36)7/h18-19,23-24,26,42H,8-17,20H2,1-7H3,(H,38,41)/t24-,26+,31+,32-,33-,34+,35-,36+/m0/s1. The third-order valence-corrected chi connectivity index (χ3v) is 14.4. The maximum absolute atomic E-state index is 14.6. The molecule has 3 saturated carbocycles. The summed E-state index contributed by atoms with van der Waals surface area (Å²) in [4.78, 5) is 41.8. The van der Waals surface area contributed by atoms with E-state index in [0.717, 1.165) is 50.5 Å². The van der Waals surface area contributed by atoms with Gasteiger partial charge in [-0.05, 0) is 86.2 Å². The van der Waals surface area contributed by atoms with Crippen LogP contribution >= 0.6 is 0 Å². The van der Waals surface area contributed by atoms with E-state index in [-0.39, 0.29) is 46.3 Å². The van der Waals surface area contributed by atoms with Crippen molar-refractivity contribution >= 4 is 17.5 Å². The van der Waals surface area contributed by atoms with Crippen molar-refractivity contribution in [2.24, 2.45) is 44.3 Å². The van der Waals surface area contributed by atoms with E-state index in [1.807, 2.05) is 26.8 Å². The summed E-state index contributed by atoms with van der Waals surface area (Å²) in [6, 6.07) is 2.25. The number of ketones is 2. The number of nitrogens with one attached hydrogen (secondary N) is 1. The number of rotatable bonds is 2. The zero-order valence-electron chi connectivity index (χ0n) is 27.2. The second kappa shape index (κ2) is 9.36. The summed E-state index contributed by atoms with van der Waals surface area (Å²) in [5, 5.41) is 26.3. The van der Waals surface area contributed by atoms with E-state index in [0.29, 0.717) is 26.1 Å². The van der Waals surface area contributed by atoms with Crippen molar-refractivity contribution in [2.45, 2.75) is 118 Å². The second-order valence-corrected chi connectivity index (χ2v) is 16.8. The Morgan fingerprint density at radius 1 is 0.953 bits per heavy atom. The largest absolute Gasteiger partial charge is 0.381 e. The first kappa shape index (κ1) is 30.7. The Kier molecular flexibility index (Phi) is 6.69. The van der Waals surface area contributed by atoms with Gasteiger partial charge in [0.15, 0.2) is 11.6 Å². The van der Waals surface area contributed by atoms with E-state index >= 15 is 0 Å². The Balaban J connectivity index is 1.43. The van der Waals surface area contributed by atoms with E-state index in [2.05, 4.69) is 39.1 Å². The molecule has 0 aromatic rings. The van der Waals surface area contributed by atoms with Crippen molar-refractivity contribution in [1.82, 2.24) is 5.32 Å². The molecule has 1 saturated heterocycles. The first-order valence-corrected chi connectivity index (χ1v) is 16.5. The summed E-state index contributed by atoms with van der Waals surface area (Å²) in [6.07, 6.45) is 10.3. The number of Topliss-reactive ketones (excluding diaryl/α,β-unsaturated/α-hetero) is 1. The molecular weight excluding hydrogens is 540 g/mol. The van der Waals surface area contributed by atoms with Crippen LogP contribution < -0.4 is 5.32 Å². The number of amides is 1. The number of ether oxygens (including phenoxy) is 1. The topological polar surface area (TPSA) is 116 Å². The van der Waals surface area contributed by atoms with Gasteiger partial charge in [0.2, 0.25) is 5.91 Å². The number of hydrogen-bond acceptors (Lipinski definition) is 6. The molecule has 0 spiro atoms. The molecule has 43 heavy (non-hydrogen) atoms. The van der Waals surface area contributed by atoms with Crippen LogP contribution in [0.15, 0.2) is 23.3 Å². The highest BCUT2D eigenvalue weighted by Gasteiger charge is 2.75. The normalized spacial score (nSPS) is 47.5. The van der Waals surface area contributed by atoms with E-state index in [1.54, 1.807) is 6.08 Å². The molecule has 4 fully saturated rings. The van der Waals surface area contributed by atoms with Crippen LogP contribution in [-0.2, 0) is 19.1 Å². The lowest BCUT2D eigenvalue weighted by molar-refractivity contribution is -0.242. The third kappa shape index (κ3) is 3.81. The highest BCUT2D eigenvalue weighted by Crippen LogP contribution is 2.75. The number of fused-ring (bicyclic) bond motifs is 7. The number of carbonyl (C=O) groups excluding carboxylic acids is 3. The average molecular weight is 591 g/mol. The Hall–Kier alpha value is -2.30. The van der Waals surface area contributed by atoms with Crippen LogP contribution in [0.2, 0.25) is 0 Å². The van der Waals surface area contributed by atoms with Crippen LogP contribution in [0.25, 0.3) is 0 Å². The molecule has 1 amide bonds. The Bertz CT molecular complexity index is 1380. The Morgan fingerprint density at radius 3 is 2.26 bits per heavy atom. The van der Waals surface area contributed by atoms with Gasteiger partial charge in [-0.1, -0.05) is 54.5 Å². The summed E-state index contributed by atoms with van der Waals surface area (Å²) >= 11 is 0. The molecular formula is C36H50N2O5. The highest BCUT2D eigenvalue weighted by molar-refractivity contribution is 6.05. The molecule has 0 unspecified atom stereocenters. The molecule has 7 nitrogen and oxygen atoms in total. The molecule has 5 aliphatic carbocycles. The van der Waals surface area contributed by atoms with Crippen LogP contribution in [-0.4, -0.2) is 47.4 Å². The lowest BCUT2D eigenvalue weighted by Gasteiger charge is -2.71. The van der Waals surface area contributed by atoms with Crippen molar-refractivity contribution in [3.63, 3.8) is 0 Å². The Morgan fingerprint density at radius 2 is 1.60 bits per heavy atom. The number of nitrogens with zero attached hydrogens (tertiary/aromatic N) is 1. The van der Waals surface area contributed by atoms with Crippen LogP contribution in [0.4, 0.5) is 0 Å². The molecule has 0 bridgehead atoms. The van der Waals surface area contributed by atoms with Crippen molar-refractivity contribution < 1.29 is 24.2 Å². The lowest BCUT2D eigenvalue weighted by Crippen LogP contribution is -2.74. The van der Waals surface area contributed by atoms with Gasteiger partial charge < -0.3 is 15.2 Å². The maximum atomic E-state index is 14.6. The molecule has 2 N–H and O–H groups in total. The first-order valence-electron chi connectivity index (χ1n) is 16.5. The predicted octanol–water partition coefficient (Wildman–Crippen LogP) is 5.62. The fourth-order valence-electron chi connectivity index (χ4n) is 11.2. The highest BCUT2D eigenvalue weighted by atomic mass is 16.5. The van der Waals surface area contributed by atoms with Gasteiger partial charge in [0.25, 0.3) is 0 Å². The number of aliphatic hydroxyl groups is 1. The van der Waals surface area contributed by atoms with Gasteiger partial charge in [-0.3, -0.25) is 14.4 Å². The average Bonchev–Trinajstić information content (AvgIpc) is 2.96. The minimum atomic E-state index is -1.62. The van der Waals surface area contributed by atoms with Crippen LogP contribution in [0.5, 0.6) is 0 Å². The first-order chi connectivity index (χ1) is 19.9. The molecule has 6 rings (SSSR count). The van der Waals surface area contributed by atoms with E-state index in [9.17, 15) is 24.8 Å². The van der Waals surface area contributed by atoms with Gasteiger partial charge >= 0.3 is 0 Å². The van der Waals surface area contributed by atoms with Gasteiger partial charge in [-0.25, -0.2) is 0 Å². The molecule has 6 aliphatic rings. The summed E-state index contributed by atoms with van der Waals surface area (Å²) in [5.74, 6) is -0.775. The molecule has 0 aromatic carbocycles. The monoisotopic (exact) mass is 590 g/mol. The molecule has 8 atom stereocenters. The summed E-state index contributed by atoms with van der Waals surface area (Å²) in [6.45, 7) is 15.8. The molecule has 0 aromatic heterocycles. The van der Waals surface area contributed by atoms with Crippen LogP contribution in [0.1, 0.15) is 106 Å². The molecule has 234 valence electrons. The van der Waals surface area contributed by atoms with Gasteiger partial charge in [0, 0.05) is 46.8 Å². The summed E-state index contributed by atoms with van der Waals surface area (Å²) in [5.41, 5.74) is -4.09. The zero-order chi connectivity index (χ0) is 31.4. The SMILES string of the molecule is CC1(C)C(=O)C(C#N)=C[C@]2(C)C3=CC(=O)[C@]4(O)[C@@H]5C[C@@](C)(C(=O)NC6CCOCC6)CC[C@]5(C)CC[C@@]4(C)[C@]3(C)CC[C@@H]12. The maximum Gasteiger partial charge on any atom is 0.226 e. The van der Waals surface area contributed by atoms with Gasteiger partial charge in [-0.2, -0.15) is 5.26 Å². The van der Waals surface area contributed by atoms with Gasteiger partial charge in [0.05, 0.1) is 5.57 Å². The quantitative estimate of drug-likeness (QED) is 0.432. The molecule has 0 radical (unpaired) electrons. The smallest absolute Gasteiger partial charge is 0.226 e. The molecule has 1 aliphatic heterocycles. The minimum Gasteiger partial charge on any atom is -0.381 e. The van der Waals surface area contributed by atoms with Crippen LogP contribution in [0.3, 0.4) is 0 Å². The lowest BCUT2D eigenvalue weighted by atomic mass is 9.33. The number of nitriles is 1. The Labute approximate surface area is 256 Å². The van der Waals surface area contributed by atoms with Gasteiger partial charge in [-0.15, -0.1) is 0 Å². The van der Waals surface area contributed by atoms with E-state index in [1.165, 1.54) is 0 Å². The van der Waals surface area contributed by atoms with Crippen molar-refractivity contribution in [3.8, 4) is 6.07 Å². The third-order valence-electron chi connectivity index (χ3n) is 14.4. The van der Waals surface area contributed by atoms with Crippen molar-refractivity contribution in [2.75, 3.05) is 13.2 Å². The fraction of sp³-hybridized carbons (Fsp3) is 0.778. The van der Waals surface area contributed by atoms with E-state index < -0.39 is 32.7 Å². The fourth-order valence-corrected chi connectivity index (χ4v) is 11.2. The molecule has 1 heterocycles. The summed E-state index contributed by atoms with van der Waals surface area (Å²) < 4.78 is 5.49. The van der Waals surface area contributed by atoms with Gasteiger partial charge in [0.1, 0.15) is 11.7 Å². The summed E-state index contributed by atoms with van der Waals surface area (Å²) in [7, 11) is 0. The number of carbonyl (C=O) groups is 3. The molecule has 7 heteroatoms. The van der Waals surface area contributed by atoms with E-state index in [4.69, 9.17) is 4.74 Å². The minimum absolute atomic E-state index is 0.0271. The number of allylic oxidation sites excluding steroid dienone is 3. The van der Waals surface area contributed by atoms with Crippen LogP contribution in [0, 0.1) is 55.7 Å². The van der Waals surface area contributed by atoms with Crippen molar-refractivity contribution in [1.29, 1.82) is 5.26 Å². The zero-order valence-corrected chi connectivity index (χ0v) is 27.2. The van der Waals surface area contributed by atoms with Crippen molar-refractivity contribution in [3.05, 3.63) is 23.3 Å². The predicted molar refractivity (Wildman–Crippen MR) is 162 cm³/mol. The second-order valence-electron chi connectivity index (χ2n) is 16.8.